The monoisotopic (exact) mass is 338 g/mol. The van der Waals surface area contributed by atoms with Crippen LogP contribution in [0.4, 0.5) is 0 Å². The number of rotatable bonds is 3. The van der Waals surface area contributed by atoms with Gasteiger partial charge in [-0.1, -0.05) is 22.4 Å². The largest absolute Gasteiger partial charge is 0.369 e. The smallest absolute Gasteiger partial charge is 0.251 e. The van der Waals surface area contributed by atoms with Crippen molar-refractivity contribution in [3.8, 4) is 0 Å². The van der Waals surface area contributed by atoms with Gasteiger partial charge in [-0.3, -0.25) is 9.59 Å². The first-order valence-electron chi connectivity index (χ1n) is 6.83. The van der Waals surface area contributed by atoms with Gasteiger partial charge in [0.15, 0.2) is 0 Å². The maximum Gasteiger partial charge on any atom is 0.251 e. The highest BCUT2D eigenvalue weighted by Crippen LogP contribution is 2.24. The number of amides is 2. The summed E-state index contributed by atoms with van der Waals surface area (Å²) in [6.45, 7) is 1.95. The van der Waals surface area contributed by atoms with Crippen molar-refractivity contribution in [1.29, 1.82) is 0 Å². The lowest BCUT2D eigenvalue weighted by Crippen LogP contribution is -2.41. The Morgan fingerprint density at radius 3 is 2.70 bits per heavy atom. The molecule has 2 rings (SSSR count). The summed E-state index contributed by atoms with van der Waals surface area (Å²) in [4.78, 5) is 23.5. The van der Waals surface area contributed by atoms with E-state index in [9.17, 15) is 9.59 Å². The lowest BCUT2D eigenvalue weighted by atomic mass is 9.85. The number of nitrogens with two attached hydrogens (primary N) is 1. The molecule has 1 aromatic carbocycles. The molecule has 1 aliphatic carbocycles. The fraction of sp³-hybridized carbons (Fsp3) is 0.467. The summed E-state index contributed by atoms with van der Waals surface area (Å²) in [5.41, 5.74) is 7.02. The highest BCUT2D eigenvalue weighted by atomic mass is 79.9. The van der Waals surface area contributed by atoms with Crippen LogP contribution in [0.1, 0.15) is 41.6 Å². The second-order valence-electron chi connectivity index (χ2n) is 5.45. The first kappa shape index (κ1) is 15.0. The van der Waals surface area contributed by atoms with Crippen LogP contribution in [0.25, 0.3) is 0 Å². The Labute approximate surface area is 127 Å². The molecule has 1 aromatic rings. The van der Waals surface area contributed by atoms with Gasteiger partial charge < -0.3 is 11.1 Å². The van der Waals surface area contributed by atoms with Gasteiger partial charge in [0.05, 0.1) is 0 Å². The summed E-state index contributed by atoms with van der Waals surface area (Å²) >= 11 is 3.39. The Morgan fingerprint density at radius 2 is 2.05 bits per heavy atom. The molecule has 0 radical (unpaired) electrons. The van der Waals surface area contributed by atoms with Crippen LogP contribution in [0, 0.1) is 12.8 Å². The van der Waals surface area contributed by atoms with Crippen LogP contribution in [-0.2, 0) is 4.79 Å². The first-order valence-corrected chi connectivity index (χ1v) is 7.62. The second kappa shape index (κ2) is 6.39. The quantitative estimate of drug-likeness (QED) is 0.888. The molecule has 4 nitrogen and oxygen atoms in total. The normalized spacial score (nSPS) is 22.3. The predicted molar refractivity (Wildman–Crippen MR) is 81.3 cm³/mol. The first-order chi connectivity index (χ1) is 9.45. The predicted octanol–water partition coefficient (Wildman–Crippen LogP) is 2.53. The summed E-state index contributed by atoms with van der Waals surface area (Å²) in [6.07, 6.45) is 3.31. The molecule has 0 saturated heterocycles. The maximum absolute atomic E-state index is 12.2. The Kier molecular flexibility index (Phi) is 4.81. The van der Waals surface area contributed by atoms with E-state index in [1.54, 1.807) is 6.07 Å². The molecule has 0 bridgehead atoms. The fourth-order valence-corrected chi connectivity index (χ4v) is 3.32. The van der Waals surface area contributed by atoms with Crippen LogP contribution in [0.5, 0.6) is 0 Å². The summed E-state index contributed by atoms with van der Waals surface area (Å²) in [5, 5.41) is 3.01. The van der Waals surface area contributed by atoms with E-state index in [2.05, 4.69) is 21.2 Å². The summed E-state index contributed by atoms with van der Waals surface area (Å²) in [7, 11) is 0. The van der Waals surface area contributed by atoms with Crippen molar-refractivity contribution in [2.75, 3.05) is 0 Å². The topological polar surface area (TPSA) is 72.2 Å². The van der Waals surface area contributed by atoms with Crippen molar-refractivity contribution in [3.63, 3.8) is 0 Å². The van der Waals surface area contributed by atoms with E-state index < -0.39 is 0 Å². The molecule has 5 heteroatoms. The minimum Gasteiger partial charge on any atom is -0.369 e. The lowest BCUT2D eigenvalue weighted by molar-refractivity contribution is -0.122. The zero-order valence-electron chi connectivity index (χ0n) is 11.5. The molecule has 20 heavy (non-hydrogen) atoms. The van der Waals surface area contributed by atoms with E-state index in [1.807, 2.05) is 19.1 Å². The van der Waals surface area contributed by atoms with Crippen molar-refractivity contribution in [1.82, 2.24) is 5.32 Å². The summed E-state index contributed by atoms with van der Waals surface area (Å²) in [6, 6.07) is 5.65. The lowest BCUT2D eigenvalue weighted by Gasteiger charge is -2.28. The molecule has 0 aromatic heterocycles. The van der Waals surface area contributed by atoms with Crippen LogP contribution >= 0.6 is 15.9 Å². The molecule has 0 aliphatic heterocycles. The van der Waals surface area contributed by atoms with Gasteiger partial charge in [-0.15, -0.1) is 0 Å². The molecule has 2 atom stereocenters. The van der Waals surface area contributed by atoms with Crippen molar-refractivity contribution in [2.24, 2.45) is 11.7 Å². The number of carbonyl (C=O) groups is 2. The number of primary amides is 1. The third-order valence-corrected chi connectivity index (χ3v) is 4.17. The molecule has 108 valence electrons. The number of hydrogen-bond donors (Lipinski definition) is 2. The van der Waals surface area contributed by atoms with E-state index in [0.29, 0.717) is 12.0 Å². The van der Waals surface area contributed by atoms with Gasteiger partial charge in [0.25, 0.3) is 5.91 Å². The van der Waals surface area contributed by atoms with Crippen molar-refractivity contribution in [2.45, 2.75) is 38.6 Å². The molecular formula is C15H19BrN2O2. The zero-order chi connectivity index (χ0) is 14.7. The van der Waals surface area contributed by atoms with Gasteiger partial charge in [0.1, 0.15) is 0 Å². The molecular weight excluding hydrogens is 320 g/mol. The molecule has 2 amide bonds. The molecule has 2 unspecified atom stereocenters. The van der Waals surface area contributed by atoms with Crippen molar-refractivity contribution >= 4 is 27.7 Å². The SMILES string of the molecule is Cc1cc(Br)cc(C(=O)NC2CCCC(C(N)=O)C2)c1. The minimum atomic E-state index is -0.262. The van der Waals surface area contributed by atoms with Crippen LogP contribution < -0.4 is 11.1 Å². The van der Waals surface area contributed by atoms with Crippen LogP contribution in [-0.4, -0.2) is 17.9 Å². The Bertz CT molecular complexity index is 510. The molecule has 1 saturated carbocycles. The summed E-state index contributed by atoms with van der Waals surface area (Å²) in [5.74, 6) is -0.468. The molecule has 1 fully saturated rings. The number of hydrogen-bond acceptors (Lipinski definition) is 2. The Morgan fingerprint density at radius 1 is 1.30 bits per heavy atom. The van der Waals surface area contributed by atoms with Crippen LogP contribution in [0.2, 0.25) is 0 Å². The van der Waals surface area contributed by atoms with Gasteiger partial charge in [0.2, 0.25) is 5.91 Å². The molecule has 0 heterocycles. The molecule has 3 N–H and O–H groups in total. The zero-order valence-corrected chi connectivity index (χ0v) is 13.1. The van der Waals surface area contributed by atoms with E-state index in [1.165, 1.54) is 0 Å². The number of nitrogens with one attached hydrogen (secondary N) is 1. The minimum absolute atomic E-state index is 0.0352. The standard InChI is InChI=1S/C15H19BrN2O2/c1-9-5-11(7-12(16)6-9)15(20)18-13-4-2-3-10(8-13)14(17)19/h5-7,10,13H,2-4,8H2,1H3,(H2,17,19)(H,18,20). The van der Waals surface area contributed by atoms with Crippen molar-refractivity contribution < 1.29 is 9.59 Å². The number of halogens is 1. The highest BCUT2D eigenvalue weighted by Gasteiger charge is 2.26. The Hall–Kier alpha value is -1.36. The molecule has 1 aliphatic rings. The van der Waals surface area contributed by atoms with Gasteiger partial charge in [-0.05, 0) is 49.9 Å². The number of carbonyl (C=O) groups excluding carboxylic acids is 2. The average molecular weight is 339 g/mol. The van der Waals surface area contributed by atoms with Gasteiger partial charge in [-0.25, -0.2) is 0 Å². The van der Waals surface area contributed by atoms with Crippen LogP contribution in [0.3, 0.4) is 0 Å². The van der Waals surface area contributed by atoms with E-state index in [0.717, 1.165) is 29.3 Å². The average Bonchev–Trinajstić information content (AvgIpc) is 2.37. The maximum atomic E-state index is 12.2. The third kappa shape index (κ3) is 3.82. The number of aryl methyl sites for hydroxylation is 1. The van der Waals surface area contributed by atoms with Crippen molar-refractivity contribution in [3.05, 3.63) is 33.8 Å². The third-order valence-electron chi connectivity index (χ3n) is 3.72. The number of benzene rings is 1. The highest BCUT2D eigenvalue weighted by molar-refractivity contribution is 9.10. The van der Waals surface area contributed by atoms with Gasteiger partial charge in [0, 0.05) is 22.0 Å². The second-order valence-corrected chi connectivity index (χ2v) is 6.37. The van der Waals surface area contributed by atoms with E-state index in [4.69, 9.17) is 5.73 Å². The summed E-state index contributed by atoms with van der Waals surface area (Å²) < 4.78 is 0.890. The van der Waals surface area contributed by atoms with Gasteiger partial charge >= 0.3 is 0 Å². The molecule has 0 spiro atoms. The van der Waals surface area contributed by atoms with Crippen LogP contribution in [0.15, 0.2) is 22.7 Å². The fourth-order valence-electron chi connectivity index (χ4n) is 2.72. The van der Waals surface area contributed by atoms with E-state index in [-0.39, 0.29) is 23.8 Å². The van der Waals surface area contributed by atoms with E-state index >= 15 is 0 Å². The van der Waals surface area contributed by atoms with Gasteiger partial charge in [-0.2, -0.15) is 0 Å². The Balaban J connectivity index is 2.02.